The van der Waals surface area contributed by atoms with Crippen LogP contribution < -0.4 is 4.72 Å². The molecule has 0 spiro atoms. The van der Waals surface area contributed by atoms with Gasteiger partial charge in [-0.25, -0.2) is 13.1 Å². The summed E-state index contributed by atoms with van der Waals surface area (Å²) in [7, 11) is -0.655. The van der Waals surface area contributed by atoms with E-state index in [1.165, 1.54) is 26.0 Å². The van der Waals surface area contributed by atoms with Gasteiger partial charge in [0.2, 0.25) is 15.9 Å². The van der Waals surface area contributed by atoms with Crippen molar-refractivity contribution in [3.05, 3.63) is 0 Å². The van der Waals surface area contributed by atoms with E-state index < -0.39 is 22.0 Å². The summed E-state index contributed by atoms with van der Waals surface area (Å²) < 4.78 is 29.8. The monoisotopic (exact) mass is 294 g/mol. The highest BCUT2D eigenvalue weighted by Crippen LogP contribution is 1.98. The predicted molar refractivity (Wildman–Crippen MR) is 70.9 cm³/mol. The second-order valence-corrected chi connectivity index (χ2v) is 6.12. The zero-order valence-corrected chi connectivity index (χ0v) is 12.6. The molecule has 1 N–H and O–H groups in total. The molecule has 0 heterocycles. The third-order valence-corrected chi connectivity index (χ3v) is 4.11. The first-order chi connectivity index (χ1) is 8.73. The molecule has 0 bridgehead atoms. The molecule has 0 radical (unpaired) electrons. The molecule has 8 heteroatoms. The number of nitrogens with one attached hydrogen (secondary N) is 1. The molecule has 0 aliphatic heterocycles. The maximum absolute atomic E-state index is 11.9. The summed E-state index contributed by atoms with van der Waals surface area (Å²) in [6.45, 7) is 3.41. The number of hydrogen-bond donors (Lipinski definition) is 1. The van der Waals surface area contributed by atoms with E-state index in [2.05, 4.69) is 9.46 Å². The minimum atomic E-state index is -3.43. The Kier molecular flexibility index (Phi) is 7.62. The standard InChI is InChI=1S/C11H22N2O5S/c1-5-8-19(16,17)12-9(2)11(15)13(3)7-6-10(14)18-4/h9,12H,5-8H2,1-4H3. The molecule has 0 aliphatic carbocycles. The minimum Gasteiger partial charge on any atom is -0.469 e. The van der Waals surface area contributed by atoms with Crippen LogP contribution in [0.25, 0.3) is 0 Å². The van der Waals surface area contributed by atoms with E-state index in [0.29, 0.717) is 6.42 Å². The first-order valence-corrected chi connectivity index (χ1v) is 7.70. The highest BCUT2D eigenvalue weighted by molar-refractivity contribution is 7.89. The second-order valence-electron chi connectivity index (χ2n) is 4.24. The summed E-state index contributed by atoms with van der Waals surface area (Å²) in [5.41, 5.74) is 0. The van der Waals surface area contributed by atoms with Gasteiger partial charge in [0.05, 0.1) is 25.3 Å². The molecule has 0 saturated carbocycles. The number of likely N-dealkylation sites (N-methyl/N-ethyl adjacent to an activating group) is 1. The molecule has 1 amide bonds. The SMILES string of the molecule is CCCS(=O)(=O)NC(C)C(=O)N(C)CCC(=O)OC. The summed E-state index contributed by atoms with van der Waals surface area (Å²) in [6, 6.07) is -0.848. The molecule has 0 rings (SSSR count). The van der Waals surface area contributed by atoms with Gasteiger partial charge < -0.3 is 9.64 Å². The van der Waals surface area contributed by atoms with Crippen molar-refractivity contribution >= 4 is 21.9 Å². The van der Waals surface area contributed by atoms with E-state index in [1.54, 1.807) is 6.92 Å². The Morgan fingerprint density at radius 2 is 1.95 bits per heavy atom. The van der Waals surface area contributed by atoms with Crippen LogP contribution in [0.1, 0.15) is 26.7 Å². The van der Waals surface area contributed by atoms with Gasteiger partial charge in [-0.05, 0) is 13.3 Å². The van der Waals surface area contributed by atoms with Crippen LogP contribution in [-0.4, -0.2) is 57.7 Å². The molecule has 0 aromatic carbocycles. The van der Waals surface area contributed by atoms with Crippen LogP contribution in [0.3, 0.4) is 0 Å². The normalized spacial score (nSPS) is 12.8. The average Bonchev–Trinajstić information content (AvgIpc) is 2.33. The molecule has 0 aromatic rings. The van der Waals surface area contributed by atoms with Gasteiger partial charge in [0, 0.05) is 13.6 Å². The van der Waals surface area contributed by atoms with Gasteiger partial charge in [-0.15, -0.1) is 0 Å². The van der Waals surface area contributed by atoms with Crippen LogP contribution in [0.15, 0.2) is 0 Å². The summed E-state index contributed by atoms with van der Waals surface area (Å²) in [5.74, 6) is -0.821. The molecule has 19 heavy (non-hydrogen) atoms. The Hall–Kier alpha value is -1.15. The van der Waals surface area contributed by atoms with Crippen molar-refractivity contribution in [2.75, 3.05) is 26.5 Å². The summed E-state index contributed by atoms with van der Waals surface area (Å²) in [6.07, 6.45) is 0.557. The number of rotatable bonds is 8. The largest absolute Gasteiger partial charge is 0.469 e. The lowest BCUT2D eigenvalue weighted by atomic mass is 10.3. The maximum atomic E-state index is 11.9. The first-order valence-electron chi connectivity index (χ1n) is 6.05. The van der Waals surface area contributed by atoms with Crippen molar-refractivity contribution < 1.29 is 22.7 Å². The van der Waals surface area contributed by atoms with Crippen LogP contribution in [0, 0.1) is 0 Å². The highest BCUT2D eigenvalue weighted by Gasteiger charge is 2.22. The minimum absolute atomic E-state index is 0.0174. The van der Waals surface area contributed by atoms with Crippen molar-refractivity contribution in [2.45, 2.75) is 32.7 Å². The fourth-order valence-electron chi connectivity index (χ4n) is 1.45. The number of ether oxygens (including phenoxy) is 1. The van der Waals surface area contributed by atoms with Crippen molar-refractivity contribution in [2.24, 2.45) is 0 Å². The van der Waals surface area contributed by atoms with Crippen LogP contribution in [0.4, 0.5) is 0 Å². The fourth-order valence-corrected chi connectivity index (χ4v) is 2.74. The Morgan fingerprint density at radius 1 is 1.37 bits per heavy atom. The van der Waals surface area contributed by atoms with E-state index in [0.717, 1.165) is 0 Å². The highest BCUT2D eigenvalue weighted by atomic mass is 32.2. The molecule has 0 fully saturated rings. The van der Waals surface area contributed by atoms with Gasteiger partial charge in [0.1, 0.15) is 0 Å². The lowest BCUT2D eigenvalue weighted by Crippen LogP contribution is -2.46. The number of hydrogen-bond acceptors (Lipinski definition) is 5. The van der Waals surface area contributed by atoms with E-state index in [1.807, 2.05) is 0 Å². The number of carbonyl (C=O) groups excluding carboxylic acids is 2. The molecule has 0 aliphatic rings. The third-order valence-electron chi connectivity index (χ3n) is 2.45. The van der Waals surface area contributed by atoms with E-state index >= 15 is 0 Å². The lowest BCUT2D eigenvalue weighted by Gasteiger charge is -2.21. The van der Waals surface area contributed by atoms with Crippen molar-refractivity contribution in [1.29, 1.82) is 0 Å². The van der Waals surface area contributed by atoms with Crippen LogP contribution >= 0.6 is 0 Å². The van der Waals surface area contributed by atoms with Gasteiger partial charge >= 0.3 is 5.97 Å². The van der Waals surface area contributed by atoms with Gasteiger partial charge in [0.15, 0.2) is 0 Å². The van der Waals surface area contributed by atoms with Crippen molar-refractivity contribution in [1.82, 2.24) is 9.62 Å². The second kappa shape index (κ2) is 8.11. The van der Waals surface area contributed by atoms with E-state index in [9.17, 15) is 18.0 Å². The molecular formula is C11H22N2O5S. The Morgan fingerprint density at radius 3 is 2.42 bits per heavy atom. The molecular weight excluding hydrogens is 272 g/mol. The molecule has 1 atom stereocenters. The zero-order chi connectivity index (χ0) is 15.1. The summed E-state index contributed by atoms with van der Waals surface area (Å²) in [4.78, 5) is 24.1. The topological polar surface area (TPSA) is 92.8 Å². The van der Waals surface area contributed by atoms with Crippen LogP contribution in [0.5, 0.6) is 0 Å². The maximum Gasteiger partial charge on any atom is 0.307 e. The van der Waals surface area contributed by atoms with Gasteiger partial charge in [-0.3, -0.25) is 9.59 Å². The first kappa shape index (κ1) is 17.8. The molecule has 112 valence electrons. The Labute approximate surface area is 114 Å². The lowest BCUT2D eigenvalue weighted by molar-refractivity contribution is -0.141. The predicted octanol–water partition coefficient (Wildman–Crippen LogP) is -0.274. The van der Waals surface area contributed by atoms with Crippen LogP contribution in [-0.2, 0) is 24.3 Å². The smallest absolute Gasteiger partial charge is 0.307 e. The van der Waals surface area contributed by atoms with E-state index in [4.69, 9.17) is 0 Å². The van der Waals surface area contributed by atoms with Crippen molar-refractivity contribution in [3.8, 4) is 0 Å². The quantitative estimate of drug-likeness (QED) is 0.622. The number of carbonyl (C=O) groups is 2. The van der Waals surface area contributed by atoms with Gasteiger partial charge in [-0.2, -0.15) is 0 Å². The fraction of sp³-hybridized carbons (Fsp3) is 0.818. The van der Waals surface area contributed by atoms with Crippen LogP contribution in [0.2, 0.25) is 0 Å². The molecule has 1 unspecified atom stereocenters. The number of esters is 1. The average molecular weight is 294 g/mol. The Bertz CT molecular complexity index is 407. The molecule has 0 saturated heterocycles. The van der Waals surface area contributed by atoms with Gasteiger partial charge in [0.25, 0.3) is 0 Å². The summed E-state index contributed by atoms with van der Waals surface area (Å²) in [5, 5.41) is 0. The van der Waals surface area contributed by atoms with E-state index in [-0.39, 0.29) is 24.6 Å². The summed E-state index contributed by atoms with van der Waals surface area (Å²) >= 11 is 0. The number of methoxy groups -OCH3 is 1. The van der Waals surface area contributed by atoms with Crippen molar-refractivity contribution in [3.63, 3.8) is 0 Å². The molecule has 0 aromatic heterocycles. The van der Waals surface area contributed by atoms with Gasteiger partial charge in [-0.1, -0.05) is 6.92 Å². The third kappa shape index (κ3) is 7.12. The molecule has 7 nitrogen and oxygen atoms in total. The number of sulfonamides is 1. The Balaban J connectivity index is 4.36. The number of amides is 1. The zero-order valence-electron chi connectivity index (χ0n) is 11.8. The number of nitrogens with zero attached hydrogens (tertiary/aromatic N) is 1.